The van der Waals surface area contributed by atoms with Gasteiger partial charge in [0, 0.05) is 42.0 Å². The zero-order chi connectivity index (χ0) is 13.6. The molecule has 0 atom stereocenters. The highest BCUT2D eigenvalue weighted by Gasteiger charge is 2.11. The number of aryl methyl sites for hydroxylation is 1. The molecule has 96 valence electrons. The van der Waals surface area contributed by atoms with Crippen LogP contribution in [0.25, 0.3) is 16.8 Å². The molecule has 3 aromatic rings. The Morgan fingerprint density at radius 2 is 2.00 bits per heavy atom. The molecule has 3 heterocycles. The highest BCUT2D eigenvalue weighted by atomic mass is 16.1. The van der Waals surface area contributed by atoms with Crippen LogP contribution in [0, 0.1) is 13.8 Å². The van der Waals surface area contributed by atoms with E-state index in [4.69, 9.17) is 0 Å². The number of carbonyl (C=O) groups is 1. The molecule has 0 saturated heterocycles. The maximum Gasteiger partial charge on any atom is 0.152 e. The van der Waals surface area contributed by atoms with Gasteiger partial charge >= 0.3 is 0 Å². The van der Waals surface area contributed by atoms with Gasteiger partial charge in [0.2, 0.25) is 0 Å². The third-order valence-corrected chi connectivity index (χ3v) is 3.88. The van der Waals surface area contributed by atoms with Crippen LogP contribution in [0.5, 0.6) is 0 Å². The zero-order valence-corrected chi connectivity index (χ0v) is 11.3. The lowest BCUT2D eigenvalue weighted by molar-refractivity contribution is 0.112. The maximum absolute atomic E-state index is 11.1. The summed E-state index contributed by atoms with van der Waals surface area (Å²) in [6.07, 6.45) is 4.94. The Balaban J connectivity index is 2.26. The van der Waals surface area contributed by atoms with E-state index in [-0.39, 0.29) is 0 Å². The number of fused-ring (bicyclic) bond motifs is 1. The summed E-state index contributed by atoms with van der Waals surface area (Å²) in [6, 6.07) is 7.98. The predicted octanol–water partition coefficient (Wildman–Crippen LogP) is 3.37. The van der Waals surface area contributed by atoms with Crippen LogP contribution in [0.4, 0.5) is 0 Å². The van der Waals surface area contributed by atoms with Crippen LogP contribution in [0.2, 0.25) is 0 Å². The second-order valence-electron chi connectivity index (χ2n) is 4.96. The van der Waals surface area contributed by atoms with Crippen LogP contribution >= 0.6 is 0 Å². The number of nitrogens with zero attached hydrogens (tertiary/aromatic N) is 2. The number of pyridine rings is 1. The molecule has 3 heteroatoms. The molecule has 0 bridgehead atoms. The van der Waals surface area contributed by atoms with Gasteiger partial charge in [-0.05, 0) is 43.7 Å². The number of hydrogen-bond acceptors (Lipinski definition) is 1. The van der Waals surface area contributed by atoms with Crippen molar-refractivity contribution in [3.8, 4) is 11.3 Å². The molecule has 0 amide bonds. The monoisotopic (exact) mass is 252 g/mol. The normalized spacial score (nSPS) is 11.1. The highest BCUT2D eigenvalue weighted by molar-refractivity contribution is 5.88. The molecule has 0 unspecified atom stereocenters. The lowest BCUT2D eigenvalue weighted by Gasteiger charge is -2.02. The molecule has 0 aromatic carbocycles. The van der Waals surface area contributed by atoms with E-state index in [9.17, 15) is 4.79 Å². The maximum atomic E-state index is 11.1. The van der Waals surface area contributed by atoms with Crippen LogP contribution in [-0.2, 0) is 7.05 Å². The van der Waals surface area contributed by atoms with Gasteiger partial charge in [-0.25, -0.2) is 0 Å². The number of hydrogen-bond donors (Lipinski definition) is 0. The number of carbonyl (C=O) groups excluding carboxylic acids is 1. The van der Waals surface area contributed by atoms with Gasteiger partial charge in [-0.1, -0.05) is 0 Å². The van der Waals surface area contributed by atoms with E-state index < -0.39 is 0 Å². The summed E-state index contributed by atoms with van der Waals surface area (Å²) >= 11 is 0. The van der Waals surface area contributed by atoms with E-state index in [0.717, 1.165) is 22.9 Å². The lowest BCUT2D eigenvalue weighted by atomic mass is 10.2. The van der Waals surface area contributed by atoms with Crippen molar-refractivity contribution in [2.75, 3.05) is 0 Å². The van der Waals surface area contributed by atoms with Crippen LogP contribution in [0.15, 0.2) is 36.7 Å². The SMILES string of the molecule is Cc1cc(-c2cc3c(C=O)cccn3c2)n(C)c1C. The Labute approximate surface area is 112 Å². The Kier molecular flexibility index (Phi) is 2.56. The minimum Gasteiger partial charge on any atom is -0.348 e. The molecule has 0 fully saturated rings. The smallest absolute Gasteiger partial charge is 0.152 e. The standard InChI is InChI=1S/C16H16N2O/c1-11-7-15(17(3)12(11)2)14-8-16-13(10-19)5-4-6-18(16)9-14/h4-10H,1-3H3. The third kappa shape index (κ3) is 1.70. The molecule has 0 spiro atoms. The molecule has 3 aromatic heterocycles. The Morgan fingerprint density at radius 1 is 1.21 bits per heavy atom. The quantitative estimate of drug-likeness (QED) is 0.642. The predicted molar refractivity (Wildman–Crippen MR) is 76.7 cm³/mol. The van der Waals surface area contributed by atoms with Crippen LogP contribution < -0.4 is 0 Å². The van der Waals surface area contributed by atoms with Crippen LogP contribution in [0.3, 0.4) is 0 Å². The summed E-state index contributed by atoms with van der Waals surface area (Å²) in [6.45, 7) is 4.23. The molecular weight excluding hydrogens is 236 g/mol. The van der Waals surface area contributed by atoms with Gasteiger partial charge in [0.05, 0.1) is 5.52 Å². The van der Waals surface area contributed by atoms with Gasteiger partial charge in [0.25, 0.3) is 0 Å². The van der Waals surface area contributed by atoms with Gasteiger partial charge in [0.15, 0.2) is 6.29 Å². The number of aromatic nitrogens is 2. The third-order valence-electron chi connectivity index (χ3n) is 3.88. The molecule has 0 saturated carbocycles. The van der Waals surface area contributed by atoms with E-state index >= 15 is 0 Å². The second kappa shape index (κ2) is 4.12. The largest absolute Gasteiger partial charge is 0.348 e. The molecular formula is C16H16N2O. The van der Waals surface area contributed by atoms with Crippen molar-refractivity contribution in [1.29, 1.82) is 0 Å². The topological polar surface area (TPSA) is 26.4 Å². The van der Waals surface area contributed by atoms with Gasteiger partial charge in [0.1, 0.15) is 0 Å². The highest BCUT2D eigenvalue weighted by Crippen LogP contribution is 2.27. The summed E-state index contributed by atoms with van der Waals surface area (Å²) in [5.41, 5.74) is 6.52. The molecule has 0 radical (unpaired) electrons. The minimum absolute atomic E-state index is 0.719. The molecule has 3 rings (SSSR count). The van der Waals surface area contributed by atoms with Crippen molar-refractivity contribution < 1.29 is 4.79 Å². The van der Waals surface area contributed by atoms with Crippen LogP contribution in [0.1, 0.15) is 21.6 Å². The van der Waals surface area contributed by atoms with Gasteiger partial charge in [-0.3, -0.25) is 4.79 Å². The number of aldehydes is 1. The first kappa shape index (κ1) is 11.8. The van der Waals surface area contributed by atoms with Crippen molar-refractivity contribution in [3.63, 3.8) is 0 Å². The fraction of sp³-hybridized carbons (Fsp3) is 0.188. The van der Waals surface area contributed by atoms with E-state index in [1.165, 1.54) is 17.0 Å². The van der Waals surface area contributed by atoms with Crippen molar-refractivity contribution >= 4 is 11.8 Å². The summed E-state index contributed by atoms with van der Waals surface area (Å²) in [5.74, 6) is 0. The summed E-state index contributed by atoms with van der Waals surface area (Å²) in [4.78, 5) is 11.1. The molecule has 0 aliphatic heterocycles. The molecule has 0 aliphatic carbocycles. The van der Waals surface area contributed by atoms with Gasteiger partial charge in [-0.15, -0.1) is 0 Å². The first-order valence-electron chi connectivity index (χ1n) is 6.31. The molecule has 3 nitrogen and oxygen atoms in total. The van der Waals surface area contributed by atoms with E-state index in [0.29, 0.717) is 0 Å². The first-order chi connectivity index (χ1) is 9.11. The van der Waals surface area contributed by atoms with E-state index in [2.05, 4.69) is 43.8 Å². The van der Waals surface area contributed by atoms with E-state index in [1.807, 2.05) is 22.7 Å². The van der Waals surface area contributed by atoms with Crippen molar-refractivity contribution in [2.24, 2.45) is 7.05 Å². The van der Waals surface area contributed by atoms with Gasteiger partial charge in [-0.2, -0.15) is 0 Å². The summed E-state index contributed by atoms with van der Waals surface area (Å²) in [7, 11) is 2.07. The van der Waals surface area contributed by atoms with E-state index in [1.54, 1.807) is 0 Å². The fourth-order valence-electron chi connectivity index (χ4n) is 2.53. The molecule has 0 N–H and O–H groups in total. The van der Waals surface area contributed by atoms with Crippen molar-refractivity contribution in [2.45, 2.75) is 13.8 Å². The molecule has 0 aliphatic rings. The zero-order valence-electron chi connectivity index (χ0n) is 11.3. The second-order valence-corrected chi connectivity index (χ2v) is 4.96. The Hall–Kier alpha value is -2.29. The lowest BCUT2D eigenvalue weighted by Crippen LogP contribution is -1.93. The molecule has 19 heavy (non-hydrogen) atoms. The fourth-order valence-corrected chi connectivity index (χ4v) is 2.53. The average molecular weight is 252 g/mol. The number of rotatable bonds is 2. The van der Waals surface area contributed by atoms with Crippen molar-refractivity contribution in [3.05, 3.63) is 53.5 Å². The first-order valence-corrected chi connectivity index (χ1v) is 6.31. The minimum atomic E-state index is 0.719. The average Bonchev–Trinajstić information content (AvgIpc) is 2.95. The Morgan fingerprint density at radius 3 is 2.63 bits per heavy atom. The van der Waals surface area contributed by atoms with Gasteiger partial charge < -0.3 is 8.97 Å². The summed E-state index contributed by atoms with van der Waals surface area (Å²) in [5, 5.41) is 0. The van der Waals surface area contributed by atoms with Crippen molar-refractivity contribution in [1.82, 2.24) is 8.97 Å². The van der Waals surface area contributed by atoms with Crippen LogP contribution in [-0.4, -0.2) is 15.3 Å². The Bertz CT molecular complexity index is 777. The summed E-state index contributed by atoms with van der Waals surface area (Å²) < 4.78 is 4.18.